The van der Waals surface area contributed by atoms with Gasteiger partial charge in [-0.2, -0.15) is 0 Å². The third-order valence-corrected chi connectivity index (χ3v) is 10.7. The molecule has 11 nitrogen and oxygen atoms in total. The zero-order valence-electron chi connectivity index (χ0n) is 25.5. The third kappa shape index (κ3) is 4.28. The number of imide groups is 2. The van der Waals surface area contributed by atoms with Gasteiger partial charge in [0.2, 0.25) is 23.6 Å². The first-order chi connectivity index (χ1) is 22.8. The lowest BCUT2D eigenvalue weighted by Gasteiger charge is -2.49. The molecule has 0 unspecified atom stereocenters. The fourth-order valence-electron chi connectivity index (χ4n) is 8.23. The second kappa shape index (κ2) is 10.9. The van der Waals surface area contributed by atoms with E-state index in [1.807, 2.05) is 6.08 Å². The molecule has 48 heavy (non-hydrogen) atoms. The van der Waals surface area contributed by atoms with E-state index < -0.39 is 81.7 Å². The minimum atomic E-state index is -1.40. The fourth-order valence-corrected chi connectivity index (χ4v) is 8.41. The van der Waals surface area contributed by atoms with Crippen molar-refractivity contribution in [3.8, 4) is 17.2 Å². The Hall–Kier alpha value is -5.23. The Morgan fingerprint density at radius 2 is 1.62 bits per heavy atom. The van der Waals surface area contributed by atoms with Crippen molar-refractivity contribution in [1.29, 1.82) is 0 Å². The van der Waals surface area contributed by atoms with Gasteiger partial charge in [-0.3, -0.25) is 19.2 Å². The molecule has 0 bridgehead atoms. The van der Waals surface area contributed by atoms with Crippen LogP contribution in [0, 0.1) is 34.9 Å². The van der Waals surface area contributed by atoms with Crippen molar-refractivity contribution in [2.75, 3.05) is 16.9 Å². The minimum Gasteiger partial charge on any atom is -0.507 e. The van der Waals surface area contributed by atoms with Crippen LogP contribution in [-0.4, -0.2) is 52.0 Å². The molecule has 2 aliphatic heterocycles. The molecule has 1 saturated carbocycles. The van der Waals surface area contributed by atoms with Gasteiger partial charge in [0.15, 0.2) is 11.5 Å². The van der Waals surface area contributed by atoms with E-state index in [-0.39, 0.29) is 40.7 Å². The van der Waals surface area contributed by atoms with Crippen LogP contribution < -0.4 is 14.5 Å². The van der Waals surface area contributed by atoms with Gasteiger partial charge in [-0.05, 0) is 73.7 Å². The van der Waals surface area contributed by atoms with Crippen LogP contribution in [0.5, 0.6) is 17.2 Å². The Morgan fingerprint density at radius 1 is 0.917 bits per heavy atom. The van der Waals surface area contributed by atoms with Crippen LogP contribution in [0.15, 0.2) is 66.2 Å². The summed E-state index contributed by atoms with van der Waals surface area (Å²) in [5.74, 6) is -9.15. The molecule has 0 aromatic heterocycles. The number of anilines is 2. The maximum atomic E-state index is 14.5. The SMILES string of the molecule is COc1cc([C@H]2C3=CC[C@@H]4C(=O)N(c5ccc(C(=O)O)c(O)c5)C(=O)[C@@H]4[C@@H]3C[C@H]3C(=O)N(c4ccc(F)c(Cl)c4)C(=O)[C@@]23C)ccc1O. The smallest absolute Gasteiger partial charge is 0.339 e. The average Bonchev–Trinajstić information content (AvgIpc) is 3.42. The Kier molecular flexibility index (Phi) is 7.13. The molecule has 6 atom stereocenters. The molecule has 3 N–H and O–H groups in total. The summed E-state index contributed by atoms with van der Waals surface area (Å²) in [5, 5.41) is 29.8. The van der Waals surface area contributed by atoms with Crippen molar-refractivity contribution in [2.45, 2.75) is 25.7 Å². The zero-order chi connectivity index (χ0) is 34.4. The van der Waals surface area contributed by atoms with E-state index in [0.717, 1.165) is 28.0 Å². The number of halogens is 2. The lowest BCUT2D eigenvalue weighted by molar-refractivity contribution is -0.131. The van der Waals surface area contributed by atoms with Crippen LogP contribution in [0.2, 0.25) is 5.02 Å². The number of carbonyl (C=O) groups excluding carboxylic acids is 4. The predicted octanol–water partition coefficient (Wildman–Crippen LogP) is 5.03. The number of carboxylic acid groups (broad SMARTS) is 1. The maximum Gasteiger partial charge on any atom is 0.339 e. The monoisotopic (exact) mass is 674 g/mol. The van der Waals surface area contributed by atoms with E-state index in [1.165, 1.54) is 31.4 Å². The summed E-state index contributed by atoms with van der Waals surface area (Å²) in [6, 6.07) is 11.6. The molecule has 2 aliphatic carbocycles. The Labute approximate surface area is 277 Å². The van der Waals surface area contributed by atoms with Crippen LogP contribution in [0.3, 0.4) is 0 Å². The second-order valence-corrected chi connectivity index (χ2v) is 13.1. The highest BCUT2D eigenvalue weighted by Crippen LogP contribution is 2.64. The van der Waals surface area contributed by atoms with E-state index >= 15 is 0 Å². The number of allylic oxidation sites excluding steroid dienone is 2. The van der Waals surface area contributed by atoms with Crippen molar-refractivity contribution >= 4 is 52.6 Å². The molecule has 3 aromatic carbocycles. The molecule has 13 heteroatoms. The number of nitrogens with zero attached hydrogens (tertiary/aromatic N) is 2. The standard InChI is InChI=1S/C35H28ClFN2O9/c1-35-22(31(43)39(34(35)47)16-5-9-24(37)23(36)12-16)14-21-18(29(35)15-3-10-25(40)27(11-15)48-2)7-8-20-28(21)32(44)38(30(20)42)17-4-6-19(33(45)46)26(41)13-17/h3-7,9-13,20-22,28-29,40-41H,8,14H2,1-2H3,(H,45,46)/t20-,21+,22-,28-,29-,35+/m0/s1. The summed E-state index contributed by atoms with van der Waals surface area (Å²) >= 11 is 6.05. The van der Waals surface area contributed by atoms with Gasteiger partial charge >= 0.3 is 5.97 Å². The number of aromatic hydroxyl groups is 2. The number of phenolic OH excluding ortho intramolecular Hbond substituents is 1. The second-order valence-electron chi connectivity index (χ2n) is 12.7. The number of amides is 4. The Bertz CT molecular complexity index is 2010. The van der Waals surface area contributed by atoms with Crippen LogP contribution in [-0.2, 0) is 19.2 Å². The molecule has 4 aliphatic rings. The summed E-state index contributed by atoms with van der Waals surface area (Å²) < 4.78 is 19.5. The third-order valence-electron chi connectivity index (χ3n) is 10.4. The van der Waals surface area contributed by atoms with E-state index in [9.17, 15) is 43.7 Å². The molecule has 3 aromatic rings. The zero-order valence-corrected chi connectivity index (χ0v) is 26.3. The number of methoxy groups -OCH3 is 1. The van der Waals surface area contributed by atoms with Crippen LogP contribution in [0.25, 0.3) is 0 Å². The summed E-state index contributed by atoms with van der Waals surface area (Å²) in [6.45, 7) is 1.68. The van der Waals surface area contributed by atoms with Gasteiger partial charge in [-0.15, -0.1) is 0 Å². The Balaban J connectivity index is 1.36. The summed E-state index contributed by atoms with van der Waals surface area (Å²) in [6.07, 6.45) is 2.02. The number of carboxylic acids is 1. The van der Waals surface area contributed by atoms with Gasteiger partial charge in [0.05, 0.1) is 46.7 Å². The molecule has 7 rings (SSSR count). The number of phenols is 2. The maximum absolute atomic E-state index is 14.5. The summed E-state index contributed by atoms with van der Waals surface area (Å²) in [4.78, 5) is 70.2. The molecule has 2 heterocycles. The van der Waals surface area contributed by atoms with Gasteiger partial charge in [-0.1, -0.05) is 29.3 Å². The van der Waals surface area contributed by atoms with Crippen molar-refractivity contribution in [1.82, 2.24) is 0 Å². The van der Waals surface area contributed by atoms with E-state index in [1.54, 1.807) is 19.1 Å². The normalized spacial score (nSPS) is 27.8. The molecule has 3 fully saturated rings. The van der Waals surface area contributed by atoms with E-state index in [2.05, 4.69) is 0 Å². The van der Waals surface area contributed by atoms with Gasteiger partial charge < -0.3 is 20.1 Å². The summed E-state index contributed by atoms with van der Waals surface area (Å²) in [5.41, 5.74) is -0.486. The number of aromatic carboxylic acids is 1. The van der Waals surface area contributed by atoms with Crippen molar-refractivity contribution in [3.05, 3.63) is 88.2 Å². The largest absolute Gasteiger partial charge is 0.507 e. The van der Waals surface area contributed by atoms with Gasteiger partial charge in [0, 0.05) is 12.0 Å². The number of carbonyl (C=O) groups is 5. The van der Waals surface area contributed by atoms with Crippen LogP contribution in [0.4, 0.5) is 15.8 Å². The van der Waals surface area contributed by atoms with Crippen LogP contribution >= 0.6 is 11.6 Å². The predicted molar refractivity (Wildman–Crippen MR) is 168 cm³/mol. The number of fused-ring (bicyclic) bond motifs is 4. The van der Waals surface area contributed by atoms with Gasteiger partial charge in [0.1, 0.15) is 17.1 Å². The van der Waals surface area contributed by atoms with Crippen molar-refractivity contribution in [2.24, 2.45) is 29.1 Å². The number of hydrogen-bond donors (Lipinski definition) is 3. The van der Waals surface area contributed by atoms with Gasteiger partial charge in [0.25, 0.3) is 0 Å². The molecule has 2 saturated heterocycles. The molecule has 0 radical (unpaired) electrons. The lowest BCUT2D eigenvalue weighted by atomic mass is 9.51. The fraction of sp³-hybridized carbons (Fsp3) is 0.286. The number of benzene rings is 3. The molecular formula is C35H28ClFN2O9. The topological polar surface area (TPSA) is 162 Å². The highest BCUT2D eigenvalue weighted by Gasteiger charge is 2.67. The van der Waals surface area contributed by atoms with Gasteiger partial charge in [-0.25, -0.2) is 19.0 Å². The molecule has 246 valence electrons. The minimum absolute atomic E-state index is 0.00963. The molecule has 4 amide bonds. The first kappa shape index (κ1) is 31.4. The highest BCUT2D eigenvalue weighted by atomic mass is 35.5. The van der Waals surface area contributed by atoms with E-state index in [4.69, 9.17) is 16.3 Å². The summed E-state index contributed by atoms with van der Waals surface area (Å²) in [7, 11) is 1.37. The van der Waals surface area contributed by atoms with Crippen LogP contribution in [0.1, 0.15) is 41.6 Å². The highest BCUT2D eigenvalue weighted by molar-refractivity contribution is 6.32. The number of hydrogen-bond acceptors (Lipinski definition) is 8. The Morgan fingerprint density at radius 3 is 2.29 bits per heavy atom. The molecular weight excluding hydrogens is 647 g/mol. The first-order valence-corrected chi connectivity index (χ1v) is 15.5. The van der Waals surface area contributed by atoms with Crippen molar-refractivity contribution in [3.63, 3.8) is 0 Å². The molecule has 0 spiro atoms. The average molecular weight is 675 g/mol. The lowest BCUT2D eigenvalue weighted by Crippen LogP contribution is -2.48. The number of ether oxygens (including phenoxy) is 1. The van der Waals surface area contributed by atoms with Crippen molar-refractivity contribution < 1.29 is 48.4 Å². The van der Waals surface area contributed by atoms with E-state index in [0.29, 0.717) is 11.1 Å². The number of rotatable bonds is 5. The quantitative estimate of drug-likeness (QED) is 0.249. The first-order valence-electron chi connectivity index (χ1n) is 15.1.